The van der Waals surface area contributed by atoms with Gasteiger partial charge in [0, 0.05) is 12.8 Å². The molecule has 0 aromatic carbocycles. The van der Waals surface area contributed by atoms with E-state index in [4.69, 9.17) is 4.74 Å². The first-order valence-corrected chi connectivity index (χ1v) is 9.66. The van der Waals surface area contributed by atoms with Crippen LogP contribution in [0.3, 0.4) is 0 Å². The Morgan fingerprint density at radius 2 is 1.88 bits per heavy atom. The fourth-order valence-electron chi connectivity index (χ4n) is 3.31. The van der Waals surface area contributed by atoms with E-state index in [1.54, 1.807) is 0 Å². The molecule has 0 aromatic heterocycles. The fraction of sp³-hybridized carbons (Fsp3) is 0.947. The molecule has 1 aliphatic heterocycles. The van der Waals surface area contributed by atoms with Crippen LogP contribution in [-0.4, -0.2) is 47.7 Å². The summed E-state index contributed by atoms with van der Waals surface area (Å²) in [4.78, 5) is 11.0. The molecule has 142 valence electrons. The van der Waals surface area contributed by atoms with Crippen LogP contribution in [0.1, 0.15) is 84.0 Å². The third-order valence-electron chi connectivity index (χ3n) is 4.88. The fourth-order valence-corrected chi connectivity index (χ4v) is 3.31. The predicted molar refractivity (Wildman–Crippen MR) is 93.8 cm³/mol. The first-order valence-electron chi connectivity index (χ1n) is 9.66. The lowest BCUT2D eigenvalue weighted by Gasteiger charge is -2.19. The Labute approximate surface area is 146 Å². The number of hydrogen-bond acceptors (Lipinski definition) is 5. The number of carbonyl (C=O) groups is 1. The summed E-state index contributed by atoms with van der Waals surface area (Å²) in [5.74, 6) is -0.143. The molecule has 0 amide bonds. The van der Waals surface area contributed by atoms with Crippen molar-refractivity contribution in [1.82, 2.24) is 0 Å². The Morgan fingerprint density at radius 1 is 1.17 bits per heavy atom. The highest BCUT2D eigenvalue weighted by atomic mass is 16.5. The minimum absolute atomic E-state index is 0.102. The van der Waals surface area contributed by atoms with Gasteiger partial charge in [-0.25, -0.2) is 0 Å². The first kappa shape index (κ1) is 21.4. The average Bonchev–Trinajstić information content (AvgIpc) is 2.95. The normalized spacial score (nSPS) is 24.9. The molecule has 1 saturated heterocycles. The second-order valence-corrected chi connectivity index (χ2v) is 6.96. The van der Waals surface area contributed by atoms with Crippen molar-refractivity contribution < 1.29 is 24.5 Å². The maximum absolute atomic E-state index is 11.0. The molecule has 1 fully saturated rings. The van der Waals surface area contributed by atoms with Gasteiger partial charge in [0.15, 0.2) is 0 Å². The Bertz CT molecular complexity index is 334. The molecular weight excluding hydrogens is 308 g/mol. The van der Waals surface area contributed by atoms with Crippen LogP contribution in [0.25, 0.3) is 0 Å². The van der Waals surface area contributed by atoms with Gasteiger partial charge in [0.25, 0.3) is 0 Å². The second-order valence-electron chi connectivity index (χ2n) is 6.96. The van der Waals surface area contributed by atoms with Gasteiger partial charge in [-0.05, 0) is 19.3 Å². The summed E-state index contributed by atoms with van der Waals surface area (Å²) >= 11 is 0. The van der Waals surface area contributed by atoms with Crippen molar-refractivity contribution in [2.75, 3.05) is 7.11 Å². The Morgan fingerprint density at radius 3 is 2.58 bits per heavy atom. The van der Waals surface area contributed by atoms with Crippen molar-refractivity contribution in [1.29, 1.82) is 0 Å². The van der Waals surface area contributed by atoms with Gasteiger partial charge < -0.3 is 19.7 Å². The molecule has 24 heavy (non-hydrogen) atoms. The number of unbranched alkanes of at least 4 members (excludes halogenated alkanes) is 6. The van der Waals surface area contributed by atoms with E-state index < -0.39 is 12.2 Å². The second kappa shape index (κ2) is 12.7. The van der Waals surface area contributed by atoms with Gasteiger partial charge in [0.1, 0.15) is 0 Å². The molecule has 0 aliphatic carbocycles. The van der Waals surface area contributed by atoms with E-state index in [2.05, 4.69) is 11.7 Å². The summed E-state index contributed by atoms with van der Waals surface area (Å²) in [6.45, 7) is 2.16. The Balaban J connectivity index is 2.06. The molecule has 0 aromatic rings. The van der Waals surface area contributed by atoms with E-state index in [-0.39, 0.29) is 18.2 Å². The molecule has 0 unspecified atom stereocenters. The number of carbonyl (C=O) groups excluding carboxylic acids is 1. The monoisotopic (exact) mass is 344 g/mol. The molecule has 1 aliphatic rings. The maximum Gasteiger partial charge on any atom is 0.305 e. The highest BCUT2D eigenvalue weighted by Gasteiger charge is 2.36. The summed E-state index contributed by atoms with van der Waals surface area (Å²) in [5, 5.41) is 20.3. The third-order valence-corrected chi connectivity index (χ3v) is 4.88. The van der Waals surface area contributed by atoms with E-state index in [1.807, 2.05) is 0 Å². The van der Waals surface area contributed by atoms with Gasteiger partial charge in [-0.1, -0.05) is 51.9 Å². The van der Waals surface area contributed by atoms with Gasteiger partial charge in [-0.2, -0.15) is 0 Å². The molecule has 0 saturated carbocycles. The lowest BCUT2D eigenvalue weighted by atomic mass is 10.0. The van der Waals surface area contributed by atoms with Gasteiger partial charge in [-0.3, -0.25) is 4.79 Å². The Hall–Kier alpha value is -0.650. The minimum atomic E-state index is -0.481. The van der Waals surface area contributed by atoms with Crippen LogP contribution in [0.4, 0.5) is 0 Å². The van der Waals surface area contributed by atoms with Gasteiger partial charge >= 0.3 is 5.97 Å². The number of methoxy groups -OCH3 is 1. The van der Waals surface area contributed by atoms with Crippen LogP contribution in [0.2, 0.25) is 0 Å². The van der Waals surface area contributed by atoms with Crippen molar-refractivity contribution in [2.45, 2.75) is 108 Å². The number of aliphatic hydroxyl groups excluding tert-OH is 2. The molecule has 0 spiro atoms. The summed E-state index contributed by atoms with van der Waals surface area (Å²) < 4.78 is 10.5. The van der Waals surface area contributed by atoms with Crippen LogP contribution < -0.4 is 0 Å². The SMILES string of the molecule is CCCCC[C@@H]1O[C@@H]([C@H](O)CCCCCCCC(=O)OC)C[C@@H]1O. The van der Waals surface area contributed by atoms with Gasteiger partial charge in [0.05, 0.1) is 31.5 Å². The molecule has 1 heterocycles. The quantitative estimate of drug-likeness (QED) is 0.396. The lowest BCUT2D eigenvalue weighted by Crippen LogP contribution is -2.26. The lowest BCUT2D eigenvalue weighted by molar-refractivity contribution is -0.140. The first-order chi connectivity index (χ1) is 11.6. The van der Waals surface area contributed by atoms with Crippen LogP contribution in [0, 0.1) is 0 Å². The summed E-state index contributed by atoms with van der Waals surface area (Å²) in [6, 6.07) is 0. The van der Waals surface area contributed by atoms with E-state index in [0.29, 0.717) is 12.8 Å². The van der Waals surface area contributed by atoms with Crippen molar-refractivity contribution in [3.05, 3.63) is 0 Å². The van der Waals surface area contributed by atoms with Crippen LogP contribution in [0.5, 0.6) is 0 Å². The van der Waals surface area contributed by atoms with Crippen molar-refractivity contribution >= 4 is 5.97 Å². The zero-order chi connectivity index (χ0) is 17.8. The van der Waals surface area contributed by atoms with Crippen LogP contribution in [0.15, 0.2) is 0 Å². The summed E-state index contributed by atoms with van der Waals surface area (Å²) in [7, 11) is 1.42. The number of hydrogen-bond donors (Lipinski definition) is 2. The average molecular weight is 344 g/mol. The molecule has 5 nitrogen and oxygen atoms in total. The predicted octanol–water partition coefficient (Wildman–Crippen LogP) is 3.35. The molecule has 1 rings (SSSR count). The van der Waals surface area contributed by atoms with E-state index in [1.165, 1.54) is 7.11 Å². The summed E-state index contributed by atoms with van der Waals surface area (Å²) in [5.41, 5.74) is 0. The standard InChI is InChI=1S/C19H36O5/c1-3-4-8-12-17-16(21)14-18(24-17)15(20)11-9-6-5-7-10-13-19(22)23-2/h15-18,20-21H,3-14H2,1-2H3/t15-,16+,17+,18-/m1/s1. The molecule has 2 N–H and O–H groups in total. The molecular formula is C19H36O5. The van der Waals surface area contributed by atoms with E-state index in [0.717, 1.165) is 64.2 Å². The molecule has 0 radical (unpaired) electrons. The van der Waals surface area contributed by atoms with Gasteiger partial charge in [0.2, 0.25) is 0 Å². The number of ether oxygens (including phenoxy) is 2. The third kappa shape index (κ3) is 8.45. The van der Waals surface area contributed by atoms with Crippen LogP contribution in [-0.2, 0) is 14.3 Å². The molecule has 0 bridgehead atoms. The topological polar surface area (TPSA) is 76.0 Å². The zero-order valence-electron chi connectivity index (χ0n) is 15.4. The summed E-state index contributed by atoms with van der Waals surface area (Å²) in [6.07, 6.45) is 9.78. The van der Waals surface area contributed by atoms with E-state index in [9.17, 15) is 15.0 Å². The number of rotatable bonds is 13. The Kier molecular flexibility index (Phi) is 11.3. The maximum atomic E-state index is 11.0. The number of aliphatic hydroxyl groups is 2. The van der Waals surface area contributed by atoms with Crippen molar-refractivity contribution in [3.63, 3.8) is 0 Å². The molecule has 4 atom stereocenters. The number of esters is 1. The van der Waals surface area contributed by atoms with Crippen molar-refractivity contribution in [2.24, 2.45) is 0 Å². The van der Waals surface area contributed by atoms with Crippen LogP contribution >= 0.6 is 0 Å². The molecule has 5 heteroatoms. The zero-order valence-corrected chi connectivity index (χ0v) is 15.4. The van der Waals surface area contributed by atoms with Crippen molar-refractivity contribution in [3.8, 4) is 0 Å². The highest BCUT2D eigenvalue weighted by Crippen LogP contribution is 2.28. The smallest absolute Gasteiger partial charge is 0.305 e. The van der Waals surface area contributed by atoms with Gasteiger partial charge in [-0.15, -0.1) is 0 Å². The minimum Gasteiger partial charge on any atom is -0.469 e. The highest BCUT2D eigenvalue weighted by molar-refractivity contribution is 5.68. The van der Waals surface area contributed by atoms with E-state index >= 15 is 0 Å². The largest absolute Gasteiger partial charge is 0.469 e.